The minimum Gasteiger partial charge on any atom is -0.462 e. The fourth-order valence-corrected chi connectivity index (χ4v) is 4.46. The van der Waals surface area contributed by atoms with Crippen LogP contribution in [0.15, 0.2) is 54.6 Å². The third-order valence-corrected chi connectivity index (χ3v) is 5.92. The zero-order valence-electron chi connectivity index (χ0n) is 21.2. The number of aryl methyl sites for hydroxylation is 2. The molecule has 1 N–H and O–H groups in total. The van der Waals surface area contributed by atoms with Crippen LogP contribution in [0.5, 0.6) is 0 Å². The van der Waals surface area contributed by atoms with Crippen molar-refractivity contribution >= 4 is 33.7 Å². The predicted octanol–water partition coefficient (Wildman–Crippen LogP) is 6.51. The van der Waals surface area contributed by atoms with Crippen molar-refractivity contribution in [1.29, 1.82) is 0 Å². The Morgan fingerprint density at radius 2 is 1.74 bits per heavy atom. The number of fused-ring (bicyclic) bond motifs is 2. The van der Waals surface area contributed by atoms with E-state index in [1.807, 2.05) is 56.7 Å². The summed E-state index contributed by atoms with van der Waals surface area (Å²) in [5.74, 6) is -0.409. The van der Waals surface area contributed by atoms with Gasteiger partial charge in [-0.25, -0.2) is 9.59 Å². The molecule has 0 radical (unpaired) electrons. The third-order valence-electron chi connectivity index (χ3n) is 5.92. The number of benzene rings is 3. The van der Waals surface area contributed by atoms with Crippen molar-refractivity contribution in [3.8, 4) is 11.1 Å². The molecule has 0 fully saturated rings. The van der Waals surface area contributed by atoms with E-state index < -0.39 is 17.7 Å². The first-order valence-corrected chi connectivity index (χ1v) is 11.8. The zero-order valence-corrected chi connectivity index (χ0v) is 21.2. The quantitative estimate of drug-likeness (QED) is 0.336. The summed E-state index contributed by atoms with van der Waals surface area (Å²) < 4.78 is 12.7. The highest BCUT2D eigenvalue weighted by Gasteiger charge is 2.24. The van der Waals surface area contributed by atoms with Crippen LogP contribution in [0.2, 0.25) is 0 Å². The summed E-state index contributed by atoms with van der Waals surface area (Å²) in [6.45, 7) is 9.70. The molecule has 3 aromatic carbocycles. The molecule has 0 spiro atoms. The Bertz CT molecular complexity index is 1430. The Kier molecular flexibility index (Phi) is 6.57. The number of carbonyl (C=O) groups excluding carboxylic acids is 2. The van der Waals surface area contributed by atoms with Crippen LogP contribution in [0.25, 0.3) is 32.8 Å². The van der Waals surface area contributed by atoms with Crippen LogP contribution < -0.4 is 5.32 Å². The number of hydrogen-bond donors (Lipinski definition) is 1. The number of nitrogens with zero attached hydrogens (tertiary/aromatic N) is 1. The van der Waals surface area contributed by atoms with E-state index in [2.05, 4.69) is 42.6 Å². The van der Waals surface area contributed by atoms with Gasteiger partial charge in [0.2, 0.25) is 0 Å². The number of rotatable bonds is 5. The van der Waals surface area contributed by atoms with Crippen molar-refractivity contribution in [3.05, 3.63) is 71.4 Å². The second kappa shape index (κ2) is 9.45. The number of aromatic nitrogens is 1. The fraction of sp³-hybridized carbons (Fsp3) is 0.310. The maximum atomic E-state index is 13.0. The van der Waals surface area contributed by atoms with Gasteiger partial charge in [0.15, 0.2) is 0 Å². The number of alkyl carbamates (subject to hydrolysis) is 1. The molecule has 0 aliphatic heterocycles. The van der Waals surface area contributed by atoms with E-state index in [0.717, 1.165) is 22.0 Å². The van der Waals surface area contributed by atoms with E-state index in [1.165, 1.54) is 16.3 Å². The van der Waals surface area contributed by atoms with Gasteiger partial charge in [-0.05, 0) is 68.1 Å². The van der Waals surface area contributed by atoms with E-state index in [1.54, 1.807) is 6.92 Å². The van der Waals surface area contributed by atoms with Crippen molar-refractivity contribution in [2.24, 2.45) is 7.05 Å². The Morgan fingerprint density at radius 1 is 1.00 bits per heavy atom. The molecular formula is C29H32N2O4. The maximum Gasteiger partial charge on any atom is 0.407 e. The average Bonchev–Trinajstić information content (AvgIpc) is 3.07. The highest BCUT2D eigenvalue weighted by Crippen LogP contribution is 2.34. The van der Waals surface area contributed by atoms with Crippen molar-refractivity contribution in [2.45, 2.75) is 46.8 Å². The molecule has 0 aliphatic rings. The van der Waals surface area contributed by atoms with Gasteiger partial charge in [-0.1, -0.05) is 48.5 Å². The predicted molar refractivity (Wildman–Crippen MR) is 140 cm³/mol. The number of hydrogen-bond acceptors (Lipinski definition) is 4. The molecule has 1 aromatic heterocycles. The van der Waals surface area contributed by atoms with Crippen LogP contribution >= 0.6 is 0 Å². The monoisotopic (exact) mass is 472 g/mol. The summed E-state index contributed by atoms with van der Waals surface area (Å²) in [5.41, 5.74) is 4.77. The van der Waals surface area contributed by atoms with Crippen LogP contribution in [-0.4, -0.2) is 28.8 Å². The molecular weight excluding hydrogens is 440 g/mol. The van der Waals surface area contributed by atoms with Gasteiger partial charge >= 0.3 is 12.1 Å². The van der Waals surface area contributed by atoms with Gasteiger partial charge in [-0.15, -0.1) is 0 Å². The summed E-state index contributed by atoms with van der Waals surface area (Å²) in [7, 11) is 1.90. The normalized spacial score (nSPS) is 11.6. The lowest BCUT2D eigenvalue weighted by Gasteiger charge is -2.20. The van der Waals surface area contributed by atoms with Crippen molar-refractivity contribution in [1.82, 2.24) is 9.88 Å². The largest absolute Gasteiger partial charge is 0.462 e. The summed E-state index contributed by atoms with van der Waals surface area (Å²) in [4.78, 5) is 25.3. The lowest BCUT2D eigenvalue weighted by Crippen LogP contribution is -2.33. The lowest BCUT2D eigenvalue weighted by molar-refractivity contribution is 0.0502. The third kappa shape index (κ3) is 5.02. The first-order chi connectivity index (χ1) is 16.6. The first kappa shape index (κ1) is 24.3. The number of nitrogens with one attached hydrogen (secondary N) is 1. The van der Waals surface area contributed by atoms with E-state index in [4.69, 9.17) is 9.47 Å². The number of esters is 1. The van der Waals surface area contributed by atoms with E-state index in [0.29, 0.717) is 11.3 Å². The summed E-state index contributed by atoms with van der Waals surface area (Å²) in [6.07, 6.45) is -0.538. The minimum atomic E-state index is -0.613. The van der Waals surface area contributed by atoms with Crippen LogP contribution in [0.4, 0.5) is 4.79 Å². The van der Waals surface area contributed by atoms with Gasteiger partial charge in [0.05, 0.1) is 24.4 Å². The number of amides is 1. The zero-order chi connectivity index (χ0) is 25.3. The van der Waals surface area contributed by atoms with Gasteiger partial charge in [0.25, 0.3) is 0 Å². The van der Waals surface area contributed by atoms with Gasteiger partial charge in [0, 0.05) is 18.0 Å². The molecule has 0 unspecified atom stereocenters. The Morgan fingerprint density at radius 3 is 2.46 bits per heavy atom. The molecule has 1 heterocycles. The van der Waals surface area contributed by atoms with Crippen molar-refractivity contribution in [2.75, 3.05) is 6.61 Å². The minimum absolute atomic E-state index is 0.136. The number of ether oxygens (including phenoxy) is 2. The van der Waals surface area contributed by atoms with Crippen molar-refractivity contribution < 1.29 is 19.1 Å². The summed E-state index contributed by atoms with van der Waals surface area (Å²) in [5, 5.41) is 5.92. The molecule has 6 heteroatoms. The fourth-order valence-electron chi connectivity index (χ4n) is 4.46. The maximum absolute atomic E-state index is 13.0. The molecule has 4 rings (SSSR count). The molecule has 35 heavy (non-hydrogen) atoms. The Labute approximate surface area is 205 Å². The standard InChI is InChI=1S/C29H32N2O4/c1-7-34-27(32)26-22-13-12-20(23-15-18(2)14-19-10-8-9-11-21(19)23)16-24(22)31(6)25(26)17-30-28(33)35-29(3,4)5/h8-16H,7,17H2,1-6H3,(H,30,33). The highest BCUT2D eigenvalue weighted by molar-refractivity contribution is 6.08. The van der Waals surface area contributed by atoms with Gasteiger partial charge in [0.1, 0.15) is 5.60 Å². The molecule has 182 valence electrons. The molecule has 0 aliphatic carbocycles. The molecule has 4 aromatic rings. The number of carbonyl (C=O) groups is 2. The van der Waals surface area contributed by atoms with Crippen molar-refractivity contribution in [3.63, 3.8) is 0 Å². The Balaban J connectivity index is 1.82. The molecule has 0 saturated heterocycles. The van der Waals surface area contributed by atoms with Crippen LogP contribution in [0.3, 0.4) is 0 Å². The average molecular weight is 473 g/mol. The molecule has 0 bridgehead atoms. The van der Waals surface area contributed by atoms with Gasteiger partial charge in [-0.3, -0.25) is 0 Å². The Hall–Kier alpha value is -3.80. The highest BCUT2D eigenvalue weighted by atomic mass is 16.6. The smallest absolute Gasteiger partial charge is 0.407 e. The lowest BCUT2D eigenvalue weighted by atomic mass is 9.95. The van der Waals surface area contributed by atoms with E-state index >= 15 is 0 Å². The SMILES string of the molecule is CCOC(=O)c1c(CNC(=O)OC(C)(C)C)n(C)c2cc(-c3cc(C)cc4ccccc34)ccc12. The molecule has 1 amide bonds. The van der Waals surface area contributed by atoms with Crippen LogP contribution in [0, 0.1) is 6.92 Å². The first-order valence-electron chi connectivity index (χ1n) is 11.8. The summed E-state index contributed by atoms with van der Waals surface area (Å²) >= 11 is 0. The molecule has 0 atom stereocenters. The second-order valence-corrected chi connectivity index (χ2v) is 9.72. The van der Waals surface area contributed by atoms with Gasteiger partial charge < -0.3 is 19.4 Å². The second-order valence-electron chi connectivity index (χ2n) is 9.72. The summed E-state index contributed by atoms with van der Waals surface area (Å²) in [6, 6.07) is 18.8. The van der Waals surface area contributed by atoms with E-state index in [9.17, 15) is 9.59 Å². The van der Waals surface area contributed by atoms with Gasteiger partial charge in [-0.2, -0.15) is 0 Å². The van der Waals surface area contributed by atoms with Crippen LogP contribution in [-0.2, 0) is 23.1 Å². The molecule has 0 saturated carbocycles. The van der Waals surface area contributed by atoms with Crippen LogP contribution in [0.1, 0.15) is 49.3 Å². The topological polar surface area (TPSA) is 69.6 Å². The van der Waals surface area contributed by atoms with E-state index in [-0.39, 0.29) is 13.2 Å². The molecule has 6 nitrogen and oxygen atoms in total.